The van der Waals surface area contributed by atoms with Gasteiger partial charge in [-0.1, -0.05) is 0 Å². The van der Waals surface area contributed by atoms with Crippen molar-refractivity contribution in [2.24, 2.45) is 0 Å². The van der Waals surface area contributed by atoms with E-state index in [0.29, 0.717) is 6.54 Å². The lowest BCUT2D eigenvalue weighted by molar-refractivity contribution is -0.123. The molecule has 0 saturated carbocycles. The van der Waals surface area contributed by atoms with Crippen LogP contribution < -0.4 is 10.6 Å². The Kier molecular flexibility index (Phi) is 4.03. The van der Waals surface area contributed by atoms with Crippen molar-refractivity contribution in [2.75, 3.05) is 13.2 Å². The largest absolute Gasteiger partial charge is 0.394 e. The van der Waals surface area contributed by atoms with E-state index in [1.165, 1.54) is 0 Å². The number of aromatic nitrogens is 2. The quantitative estimate of drug-likeness (QED) is 0.731. The zero-order valence-electron chi connectivity index (χ0n) is 11.6. The zero-order valence-corrected chi connectivity index (χ0v) is 11.6. The van der Waals surface area contributed by atoms with E-state index in [2.05, 4.69) is 15.7 Å². The molecule has 1 unspecified atom stereocenters. The second-order valence-corrected chi connectivity index (χ2v) is 5.60. The Morgan fingerprint density at radius 1 is 1.50 bits per heavy atom. The lowest BCUT2D eigenvalue weighted by Gasteiger charge is -2.25. The average Bonchev–Trinajstić information content (AvgIpc) is 3.09. The summed E-state index contributed by atoms with van der Waals surface area (Å²) in [7, 11) is 0. The van der Waals surface area contributed by atoms with Gasteiger partial charge in [0.05, 0.1) is 31.4 Å². The van der Waals surface area contributed by atoms with Crippen LogP contribution in [0.1, 0.15) is 43.0 Å². The fourth-order valence-corrected chi connectivity index (χ4v) is 3.24. The van der Waals surface area contributed by atoms with Gasteiger partial charge < -0.3 is 15.7 Å². The molecule has 20 heavy (non-hydrogen) atoms. The molecule has 0 aromatic carbocycles. The smallest absolute Gasteiger partial charge is 0.237 e. The maximum Gasteiger partial charge on any atom is 0.237 e. The normalized spacial score (nSPS) is 25.4. The molecule has 0 bridgehead atoms. The van der Waals surface area contributed by atoms with E-state index in [1.54, 1.807) is 0 Å². The number of carbonyl (C=O) groups is 1. The molecular weight excluding hydrogens is 256 g/mol. The Labute approximate surface area is 118 Å². The molecule has 2 heterocycles. The molecule has 1 aromatic rings. The van der Waals surface area contributed by atoms with Crippen LogP contribution in [0.15, 0.2) is 6.20 Å². The third-order valence-electron chi connectivity index (χ3n) is 4.27. The van der Waals surface area contributed by atoms with E-state index in [4.69, 9.17) is 5.11 Å². The summed E-state index contributed by atoms with van der Waals surface area (Å²) < 4.78 is 1.86. The molecule has 6 nitrogen and oxygen atoms in total. The highest BCUT2D eigenvalue weighted by Gasteiger charge is 2.29. The summed E-state index contributed by atoms with van der Waals surface area (Å²) in [6, 6.07) is 0.0361. The third kappa shape index (κ3) is 2.58. The van der Waals surface area contributed by atoms with Crippen LogP contribution in [0.3, 0.4) is 0 Å². The topological polar surface area (TPSA) is 79.2 Å². The van der Waals surface area contributed by atoms with Gasteiger partial charge in [-0.05, 0) is 38.6 Å². The number of amides is 1. The minimum Gasteiger partial charge on any atom is -0.394 e. The van der Waals surface area contributed by atoms with E-state index >= 15 is 0 Å². The molecule has 1 aromatic heterocycles. The average molecular weight is 278 g/mol. The number of aliphatic hydroxyl groups is 1. The molecule has 3 N–H and O–H groups in total. The first kappa shape index (κ1) is 13.6. The Morgan fingerprint density at radius 2 is 2.40 bits per heavy atom. The summed E-state index contributed by atoms with van der Waals surface area (Å²) in [5, 5.41) is 19.8. The predicted octanol–water partition coefficient (Wildman–Crippen LogP) is 0.121. The Balaban J connectivity index is 1.71. The zero-order chi connectivity index (χ0) is 13.9. The first-order chi connectivity index (χ1) is 9.79. The molecule has 2 aliphatic rings. The number of rotatable bonds is 4. The maximum absolute atomic E-state index is 12.2. The van der Waals surface area contributed by atoms with Crippen molar-refractivity contribution in [1.29, 1.82) is 0 Å². The van der Waals surface area contributed by atoms with Gasteiger partial charge in [0.1, 0.15) is 0 Å². The van der Waals surface area contributed by atoms with Gasteiger partial charge in [0.15, 0.2) is 0 Å². The molecule has 110 valence electrons. The van der Waals surface area contributed by atoms with Gasteiger partial charge in [-0.3, -0.25) is 9.48 Å². The molecule has 0 spiro atoms. The molecule has 0 radical (unpaired) electrons. The minimum absolute atomic E-state index is 0.0344. The van der Waals surface area contributed by atoms with Crippen LogP contribution in [0.25, 0.3) is 0 Å². The van der Waals surface area contributed by atoms with Crippen molar-refractivity contribution in [3.05, 3.63) is 17.5 Å². The van der Waals surface area contributed by atoms with E-state index < -0.39 is 0 Å². The Bertz CT molecular complexity index is 480. The van der Waals surface area contributed by atoms with Crippen molar-refractivity contribution in [3.8, 4) is 0 Å². The fourth-order valence-electron chi connectivity index (χ4n) is 3.24. The summed E-state index contributed by atoms with van der Waals surface area (Å²) in [5.74, 6) is 0.107. The van der Waals surface area contributed by atoms with Crippen LogP contribution in [0.5, 0.6) is 0 Å². The lowest BCUT2D eigenvalue weighted by atomic mass is 9.92. The fraction of sp³-hybridized carbons (Fsp3) is 0.714. The number of hydrogen-bond acceptors (Lipinski definition) is 4. The van der Waals surface area contributed by atoms with Gasteiger partial charge in [0, 0.05) is 11.3 Å². The van der Waals surface area contributed by atoms with Gasteiger partial charge in [0.25, 0.3) is 0 Å². The second-order valence-electron chi connectivity index (χ2n) is 5.60. The second kappa shape index (κ2) is 5.93. The van der Waals surface area contributed by atoms with Crippen molar-refractivity contribution in [3.63, 3.8) is 0 Å². The van der Waals surface area contributed by atoms with Crippen molar-refractivity contribution in [1.82, 2.24) is 20.4 Å². The van der Waals surface area contributed by atoms with E-state index in [1.807, 2.05) is 10.9 Å². The van der Waals surface area contributed by atoms with Crippen LogP contribution in [-0.2, 0) is 17.8 Å². The van der Waals surface area contributed by atoms with Crippen molar-refractivity contribution in [2.45, 2.75) is 50.7 Å². The van der Waals surface area contributed by atoms with Gasteiger partial charge in [-0.25, -0.2) is 0 Å². The summed E-state index contributed by atoms with van der Waals surface area (Å²) >= 11 is 0. The molecule has 1 aliphatic carbocycles. The van der Waals surface area contributed by atoms with Crippen LogP contribution >= 0.6 is 0 Å². The highest BCUT2D eigenvalue weighted by atomic mass is 16.3. The standard InChI is InChI=1S/C14H22N4O2/c19-8-7-18-13-5-1-3-11(10(13)9-16-18)17-14(20)12-4-2-6-15-12/h9,11-12,15,19H,1-8H2,(H,17,20)/t11?,12-/m0/s1. The van der Waals surface area contributed by atoms with E-state index in [0.717, 1.165) is 49.9 Å². The number of nitrogens with zero attached hydrogens (tertiary/aromatic N) is 2. The maximum atomic E-state index is 12.2. The van der Waals surface area contributed by atoms with Gasteiger partial charge >= 0.3 is 0 Å². The number of nitrogens with one attached hydrogen (secondary N) is 2. The molecule has 1 amide bonds. The first-order valence-electron chi connectivity index (χ1n) is 7.49. The molecule has 1 aliphatic heterocycles. The number of hydrogen-bond donors (Lipinski definition) is 3. The SMILES string of the molecule is O=C(NC1CCCc2c1cnn2CCO)[C@@H]1CCCN1. The summed E-state index contributed by atoms with van der Waals surface area (Å²) in [6.07, 6.45) is 6.83. The molecule has 1 fully saturated rings. The molecule has 1 saturated heterocycles. The highest BCUT2D eigenvalue weighted by molar-refractivity contribution is 5.82. The summed E-state index contributed by atoms with van der Waals surface area (Å²) in [6.45, 7) is 1.56. The van der Waals surface area contributed by atoms with E-state index in [9.17, 15) is 4.79 Å². The lowest BCUT2D eigenvalue weighted by Crippen LogP contribution is -2.42. The summed E-state index contributed by atoms with van der Waals surface area (Å²) in [4.78, 5) is 12.2. The monoisotopic (exact) mass is 278 g/mol. The molecule has 6 heteroatoms. The molecule has 3 rings (SSSR count). The number of carbonyl (C=O) groups excluding carboxylic acids is 1. The van der Waals surface area contributed by atoms with E-state index in [-0.39, 0.29) is 24.6 Å². The van der Waals surface area contributed by atoms with Crippen molar-refractivity contribution >= 4 is 5.91 Å². The third-order valence-corrected chi connectivity index (χ3v) is 4.27. The highest BCUT2D eigenvalue weighted by Crippen LogP contribution is 2.29. The van der Waals surface area contributed by atoms with Crippen LogP contribution in [0.4, 0.5) is 0 Å². The van der Waals surface area contributed by atoms with Crippen LogP contribution in [0.2, 0.25) is 0 Å². The first-order valence-corrected chi connectivity index (χ1v) is 7.49. The Morgan fingerprint density at radius 3 is 3.15 bits per heavy atom. The minimum atomic E-state index is -0.0344. The summed E-state index contributed by atoms with van der Waals surface area (Å²) in [5.41, 5.74) is 2.28. The van der Waals surface area contributed by atoms with Crippen LogP contribution in [0, 0.1) is 0 Å². The number of aliphatic hydroxyl groups excluding tert-OH is 1. The van der Waals surface area contributed by atoms with Crippen molar-refractivity contribution < 1.29 is 9.90 Å². The number of fused-ring (bicyclic) bond motifs is 1. The van der Waals surface area contributed by atoms with Crippen LogP contribution in [-0.4, -0.2) is 40.0 Å². The Hall–Kier alpha value is -1.40. The van der Waals surface area contributed by atoms with Gasteiger partial charge in [-0.2, -0.15) is 5.10 Å². The molecule has 2 atom stereocenters. The van der Waals surface area contributed by atoms with Gasteiger partial charge in [-0.15, -0.1) is 0 Å². The molecular formula is C14H22N4O2. The van der Waals surface area contributed by atoms with Gasteiger partial charge in [0.2, 0.25) is 5.91 Å². The predicted molar refractivity (Wildman–Crippen MR) is 74.2 cm³/mol.